The van der Waals surface area contributed by atoms with Crippen molar-refractivity contribution in [3.63, 3.8) is 0 Å². The van der Waals surface area contributed by atoms with Gasteiger partial charge in [-0.25, -0.2) is 0 Å². The third kappa shape index (κ3) is 2.55. The van der Waals surface area contributed by atoms with E-state index in [0.717, 1.165) is 11.0 Å². The minimum Gasteiger partial charge on any atom is -0.508 e. The number of fused-ring (bicyclic) bond motifs is 1. The lowest BCUT2D eigenvalue weighted by atomic mass is 10.1. The second-order valence-corrected chi connectivity index (χ2v) is 5.18. The Morgan fingerprint density at radius 2 is 1.57 bits per heavy atom. The highest BCUT2D eigenvalue weighted by Gasteiger charge is 2.35. The van der Waals surface area contributed by atoms with Gasteiger partial charge in [-0.05, 0) is 30.3 Å². The van der Waals surface area contributed by atoms with Crippen LogP contribution >= 0.6 is 0 Å². The highest BCUT2D eigenvalue weighted by Crippen LogP contribution is 2.25. The van der Waals surface area contributed by atoms with E-state index >= 15 is 0 Å². The molecule has 23 heavy (non-hydrogen) atoms. The number of hydrogen-bond donors (Lipinski definition) is 2. The molecular weight excluding hydrogens is 298 g/mol. The van der Waals surface area contributed by atoms with Crippen LogP contribution in [0.1, 0.15) is 37.5 Å². The van der Waals surface area contributed by atoms with Crippen LogP contribution in [0.3, 0.4) is 0 Å². The van der Waals surface area contributed by atoms with E-state index in [9.17, 15) is 24.6 Å². The predicted molar refractivity (Wildman–Crippen MR) is 80.5 cm³/mol. The zero-order valence-corrected chi connectivity index (χ0v) is 12.0. The summed E-state index contributed by atoms with van der Waals surface area (Å²) in [6.45, 7) is -0.0831. The molecule has 0 atom stereocenters. The average molecular weight is 311 g/mol. The molecule has 1 aliphatic heterocycles. The molecule has 0 fully saturated rings. The molecule has 2 aromatic carbocycles. The summed E-state index contributed by atoms with van der Waals surface area (Å²) >= 11 is 0. The molecule has 0 spiro atoms. The quantitative estimate of drug-likeness (QED) is 0.511. The molecule has 0 aromatic heterocycles. The maximum absolute atomic E-state index is 12.2. The molecule has 0 aliphatic carbocycles. The van der Waals surface area contributed by atoms with Crippen LogP contribution in [0, 0.1) is 0 Å². The van der Waals surface area contributed by atoms with E-state index in [2.05, 4.69) is 0 Å². The fourth-order valence-corrected chi connectivity index (χ4v) is 2.54. The van der Waals surface area contributed by atoms with Crippen LogP contribution in [-0.2, 0) is 0 Å². The molecule has 3 rings (SSSR count). The Morgan fingerprint density at radius 3 is 2.17 bits per heavy atom. The number of Topliss-reactive ketones (excluding diaryl/α,β-unsaturated/α-hetero) is 1. The van der Waals surface area contributed by atoms with Crippen molar-refractivity contribution in [1.82, 2.24) is 4.90 Å². The molecule has 6 heteroatoms. The maximum Gasteiger partial charge on any atom is 0.261 e. The van der Waals surface area contributed by atoms with Crippen LogP contribution in [0.25, 0.3) is 0 Å². The Labute approximate surface area is 131 Å². The lowest BCUT2D eigenvalue weighted by Gasteiger charge is -2.13. The molecule has 0 radical (unpaired) electrons. The summed E-state index contributed by atoms with van der Waals surface area (Å²) in [6.07, 6.45) is -0.136. The van der Waals surface area contributed by atoms with Crippen LogP contribution in [0.15, 0.2) is 42.5 Å². The monoisotopic (exact) mass is 311 g/mol. The summed E-state index contributed by atoms with van der Waals surface area (Å²) in [7, 11) is 0. The molecule has 6 nitrogen and oxygen atoms in total. The van der Waals surface area contributed by atoms with Crippen LogP contribution in [0.4, 0.5) is 0 Å². The van der Waals surface area contributed by atoms with E-state index < -0.39 is 17.6 Å². The van der Waals surface area contributed by atoms with Crippen LogP contribution < -0.4 is 0 Å². The predicted octanol–water partition coefficient (Wildman–Crippen LogP) is 1.97. The number of carbonyl (C=O) groups is 3. The number of rotatable bonds is 4. The topological polar surface area (TPSA) is 94.9 Å². The zero-order chi connectivity index (χ0) is 16.6. The molecule has 2 N–H and O–H groups in total. The van der Waals surface area contributed by atoms with Gasteiger partial charge in [-0.2, -0.15) is 0 Å². The Kier molecular flexibility index (Phi) is 3.57. The van der Waals surface area contributed by atoms with Crippen LogP contribution in [0.2, 0.25) is 0 Å². The first-order valence-corrected chi connectivity index (χ1v) is 6.99. The summed E-state index contributed by atoms with van der Waals surface area (Å²) in [5.41, 5.74) is 0.608. The maximum atomic E-state index is 12.2. The van der Waals surface area contributed by atoms with E-state index in [1.165, 1.54) is 12.1 Å². The number of carbonyl (C=O) groups excluding carboxylic acids is 3. The van der Waals surface area contributed by atoms with E-state index in [-0.39, 0.29) is 30.0 Å². The highest BCUT2D eigenvalue weighted by atomic mass is 16.3. The molecule has 2 aromatic rings. The minimum atomic E-state index is -0.463. The molecule has 2 amide bonds. The second-order valence-electron chi connectivity index (χ2n) is 5.18. The molecular formula is C17H13NO5. The number of amides is 2. The number of phenolic OH excluding ortho intramolecular Hbond substituents is 2. The van der Waals surface area contributed by atoms with Crippen molar-refractivity contribution in [2.75, 3.05) is 6.54 Å². The Bertz CT molecular complexity index is 792. The normalized spacial score (nSPS) is 13.3. The van der Waals surface area contributed by atoms with E-state index in [1.807, 2.05) is 0 Å². The summed E-state index contributed by atoms with van der Waals surface area (Å²) in [5.74, 6) is -1.73. The Morgan fingerprint density at radius 1 is 0.957 bits per heavy atom. The lowest BCUT2D eigenvalue weighted by molar-refractivity contribution is 0.0649. The van der Waals surface area contributed by atoms with Crippen molar-refractivity contribution < 1.29 is 24.6 Å². The number of imide groups is 1. The fraction of sp³-hybridized carbons (Fsp3) is 0.118. The number of aromatic hydroxyl groups is 2. The molecule has 0 saturated heterocycles. The Hall–Kier alpha value is -3.15. The zero-order valence-electron chi connectivity index (χ0n) is 12.0. The van der Waals surface area contributed by atoms with Gasteiger partial charge in [-0.15, -0.1) is 0 Å². The first-order chi connectivity index (χ1) is 11.0. The van der Waals surface area contributed by atoms with Gasteiger partial charge in [-0.1, -0.05) is 12.1 Å². The first-order valence-electron chi connectivity index (χ1n) is 6.99. The second kappa shape index (κ2) is 5.57. The molecule has 116 valence electrons. The molecule has 0 unspecified atom stereocenters. The van der Waals surface area contributed by atoms with Crippen molar-refractivity contribution in [2.45, 2.75) is 6.42 Å². The van der Waals surface area contributed by atoms with Crippen LogP contribution in [0.5, 0.6) is 11.5 Å². The summed E-state index contributed by atoms with van der Waals surface area (Å²) < 4.78 is 0. The van der Waals surface area contributed by atoms with E-state index in [4.69, 9.17) is 0 Å². The van der Waals surface area contributed by atoms with Gasteiger partial charge in [0, 0.05) is 13.0 Å². The largest absolute Gasteiger partial charge is 0.508 e. The van der Waals surface area contributed by atoms with Gasteiger partial charge in [0.25, 0.3) is 11.8 Å². The molecule has 1 heterocycles. The Balaban J connectivity index is 1.75. The lowest BCUT2D eigenvalue weighted by Crippen LogP contribution is -2.31. The first kappa shape index (κ1) is 14.8. The average Bonchev–Trinajstić information content (AvgIpc) is 2.79. The summed E-state index contributed by atoms with van der Waals surface area (Å²) in [4.78, 5) is 37.5. The van der Waals surface area contributed by atoms with Gasteiger partial charge >= 0.3 is 0 Å². The molecule has 1 aliphatic rings. The number of benzene rings is 2. The number of nitrogens with zero attached hydrogens (tertiary/aromatic N) is 1. The SMILES string of the molecule is O=C(CCN1C(=O)c2ccccc2C1=O)c1cc(O)ccc1O. The standard InChI is InChI=1S/C17H13NO5/c19-10-5-6-14(20)13(9-10)15(21)7-8-18-16(22)11-3-1-2-4-12(11)17(18)23/h1-6,9,19-20H,7-8H2. The van der Waals surface area contributed by atoms with Gasteiger partial charge in [0.05, 0.1) is 16.7 Å². The smallest absolute Gasteiger partial charge is 0.261 e. The van der Waals surface area contributed by atoms with Crippen molar-refractivity contribution in [3.8, 4) is 11.5 Å². The van der Waals surface area contributed by atoms with Crippen molar-refractivity contribution in [1.29, 1.82) is 0 Å². The third-order valence-electron chi connectivity index (χ3n) is 3.72. The van der Waals surface area contributed by atoms with Crippen molar-refractivity contribution >= 4 is 17.6 Å². The van der Waals surface area contributed by atoms with Gasteiger partial charge in [-0.3, -0.25) is 19.3 Å². The van der Waals surface area contributed by atoms with E-state index in [1.54, 1.807) is 24.3 Å². The summed E-state index contributed by atoms with van der Waals surface area (Å²) in [5, 5.41) is 19.1. The van der Waals surface area contributed by atoms with Crippen LogP contribution in [-0.4, -0.2) is 39.3 Å². The number of hydrogen-bond acceptors (Lipinski definition) is 5. The van der Waals surface area contributed by atoms with Gasteiger partial charge < -0.3 is 10.2 Å². The highest BCUT2D eigenvalue weighted by molar-refractivity contribution is 6.21. The minimum absolute atomic E-state index is 0.0402. The van der Waals surface area contributed by atoms with Crippen molar-refractivity contribution in [2.24, 2.45) is 0 Å². The number of phenols is 2. The van der Waals surface area contributed by atoms with E-state index in [0.29, 0.717) is 11.1 Å². The third-order valence-corrected chi connectivity index (χ3v) is 3.72. The fourth-order valence-electron chi connectivity index (χ4n) is 2.54. The summed E-state index contributed by atoms with van der Waals surface area (Å²) in [6, 6.07) is 10.1. The molecule has 0 saturated carbocycles. The number of ketones is 1. The molecule has 0 bridgehead atoms. The van der Waals surface area contributed by atoms with Gasteiger partial charge in [0.1, 0.15) is 11.5 Å². The van der Waals surface area contributed by atoms with Crippen molar-refractivity contribution in [3.05, 3.63) is 59.2 Å². The van der Waals surface area contributed by atoms with Gasteiger partial charge in [0.15, 0.2) is 5.78 Å². The van der Waals surface area contributed by atoms with Gasteiger partial charge in [0.2, 0.25) is 0 Å².